The van der Waals surface area contributed by atoms with Gasteiger partial charge in [-0.15, -0.1) is 0 Å². The van der Waals surface area contributed by atoms with Crippen molar-refractivity contribution in [3.8, 4) is 5.75 Å². The van der Waals surface area contributed by atoms with E-state index in [1.807, 2.05) is 0 Å². The lowest BCUT2D eigenvalue weighted by atomic mass is 9.87. The molecule has 1 N–H and O–H groups in total. The van der Waals surface area contributed by atoms with Crippen LogP contribution in [0.5, 0.6) is 5.75 Å². The SMILES string of the molecule is COc1ccc(F)cc1C(=O)NC1CCCC(C)C1. The molecule has 0 bridgehead atoms. The molecule has 1 aliphatic rings. The Morgan fingerprint density at radius 3 is 2.89 bits per heavy atom. The number of rotatable bonds is 3. The Kier molecular flexibility index (Phi) is 4.40. The van der Waals surface area contributed by atoms with Crippen LogP contribution in [0.25, 0.3) is 0 Å². The maximum atomic E-state index is 13.2. The second kappa shape index (κ2) is 6.04. The molecule has 1 fully saturated rings. The van der Waals surface area contributed by atoms with Crippen LogP contribution in [0.15, 0.2) is 18.2 Å². The standard InChI is InChI=1S/C15H20FNO2/c1-10-4-3-5-12(8-10)17-15(18)13-9-11(16)6-7-14(13)19-2/h6-7,9-10,12H,3-5,8H2,1-2H3,(H,17,18). The Morgan fingerprint density at radius 2 is 2.21 bits per heavy atom. The Balaban J connectivity index is 2.09. The van der Waals surface area contributed by atoms with Gasteiger partial charge in [0.05, 0.1) is 12.7 Å². The summed E-state index contributed by atoms with van der Waals surface area (Å²) in [5, 5.41) is 2.98. The number of methoxy groups -OCH3 is 1. The van der Waals surface area contributed by atoms with Gasteiger partial charge in [0.1, 0.15) is 11.6 Å². The molecule has 19 heavy (non-hydrogen) atoms. The lowest BCUT2D eigenvalue weighted by molar-refractivity contribution is 0.0918. The Labute approximate surface area is 113 Å². The molecule has 0 radical (unpaired) electrons. The number of benzene rings is 1. The minimum Gasteiger partial charge on any atom is -0.496 e. The van der Waals surface area contributed by atoms with Gasteiger partial charge in [0, 0.05) is 6.04 Å². The summed E-state index contributed by atoms with van der Waals surface area (Å²) in [6.45, 7) is 2.20. The van der Waals surface area contributed by atoms with E-state index in [9.17, 15) is 9.18 Å². The fraction of sp³-hybridized carbons (Fsp3) is 0.533. The van der Waals surface area contributed by atoms with Crippen molar-refractivity contribution in [2.75, 3.05) is 7.11 Å². The summed E-state index contributed by atoms with van der Waals surface area (Å²) < 4.78 is 18.4. The van der Waals surface area contributed by atoms with E-state index >= 15 is 0 Å². The van der Waals surface area contributed by atoms with Crippen molar-refractivity contribution in [1.82, 2.24) is 5.32 Å². The van der Waals surface area contributed by atoms with E-state index in [0.717, 1.165) is 19.3 Å². The van der Waals surface area contributed by atoms with Crippen molar-refractivity contribution in [2.24, 2.45) is 5.92 Å². The topological polar surface area (TPSA) is 38.3 Å². The van der Waals surface area contributed by atoms with Crippen molar-refractivity contribution in [3.05, 3.63) is 29.6 Å². The normalized spacial score (nSPS) is 22.9. The number of ether oxygens (including phenoxy) is 1. The molecule has 1 amide bonds. The largest absolute Gasteiger partial charge is 0.496 e. The zero-order chi connectivity index (χ0) is 13.8. The second-order valence-electron chi connectivity index (χ2n) is 5.29. The average Bonchev–Trinajstić information content (AvgIpc) is 2.38. The summed E-state index contributed by atoms with van der Waals surface area (Å²) in [5.74, 6) is 0.356. The molecule has 1 aromatic carbocycles. The molecule has 104 valence electrons. The molecule has 1 aromatic rings. The zero-order valence-corrected chi connectivity index (χ0v) is 11.4. The number of hydrogen-bond donors (Lipinski definition) is 1. The van der Waals surface area contributed by atoms with Crippen LogP contribution >= 0.6 is 0 Å². The maximum Gasteiger partial charge on any atom is 0.255 e. The van der Waals surface area contributed by atoms with Gasteiger partial charge < -0.3 is 10.1 Å². The van der Waals surface area contributed by atoms with Crippen molar-refractivity contribution < 1.29 is 13.9 Å². The highest BCUT2D eigenvalue weighted by molar-refractivity contribution is 5.97. The molecule has 0 spiro atoms. The molecule has 2 unspecified atom stereocenters. The average molecular weight is 265 g/mol. The molecular weight excluding hydrogens is 245 g/mol. The first-order valence-electron chi connectivity index (χ1n) is 6.74. The smallest absolute Gasteiger partial charge is 0.255 e. The third-order valence-corrected chi connectivity index (χ3v) is 3.68. The molecule has 1 saturated carbocycles. The minimum absolute atomic E-state index is 0.184. The quantitative estimate of drug-likeness (QED) is 0.911. The monoisotopic (exact) mass is 265 g/mol. The predicted molar refractivity (Wildman–Crippen MR) is 71.8 cm³/mol. The lowest BCUT2D eigenvalue weighted by Gasteiger charge is -2.27. The molecule has 0 aliphatic heterocycles. The van der Waals surface area contributed by atoms with E-state index < -0.39 is 5.82 Å². The first-order valence-corrected chi connectivity index (χ1v) is 6.74. The van der Waals surface area contributed by atoms with E-state index in [4.69, 9.17) is 4.74 Å². The van der Waals surface area contributed by atoms with Gasteiger partial charge in [-0.3, -0.25) is 4.79 Å². The van der Waals surface area contributed by atoms with Crippen molar-refractivity contribution in [2.45, 2.75) is 38.6 Å². The van der Waals surface area contributed by atoms with Crippen molar-refractivity contribution in [3.63, 3.8) is 0 Å². The van der Waals surface area contributed by atoms with Crippen LogP contribution < -0.4 is 10.1 Å². The van der Waals surface area contributed by atoms with Gasteiger partial charge >= 0.3 is 0 Å². The lowest BCUT2D eigenvalue weighted by Crippen LogP contribution is -2.38. The van der Waals surface area contributed by atoms with Crippen molar-refractivity contribution in [1.29, 1.82) is 0 Å². The number of halogens is 1. The number of amides is 1. The van der Waals surface area contributed by atoms with Crippen LogP contribution in [-0.2, 0) is 0 Å². The fourth-order valence-corrected chi connectivity index (χ4v) is 2.69. The molecular formula is C15H20FNO2. The summed E-state index contributed by atoms with van der Waals surface area (Å²) in [5.41, 5.74) is 0.265. The van der Waals surface area contributed by atoms with Gasteiger partial charge in [0.25, 0.3) is 5.91 Å². The van der Waals surface area contributed by atoms with Gasteiger partial charge in [0.2, 0.25) is 0 Å². The summed E-state index contributed by atoms with van der Waals surface area (Å²) in [7, 11) is 1.48. The highest BCUT2D eigenvalue weighted by Gasteiger charge is 2.22. The van der Waals surface area contributed by atoms with Crippen LogP contribution in [0.3, 0.4) is 0 Å². The third kappa shape index (κ3) is 3.46. The Hall–Kier alpha value is -1.58. The van der Waals surface area contributed by atoms with Crippen LogP contribution in [-0.4, -0.2) is 19.1 Å². The predicted octanol–water partition coefficient (Wildman–Crippen LogP) is 3.14. The Morgan fingerprint density at radius 1 is 1.42 bits per heavy atom. The van der Waals surface area contributed by atoms with Gasteiger partial charge in [-0.05, 0) is 37.0 Å². The summed E-state index contributed by atoms with van der Waals surface area (Å²) >= 11 is 0. The maximum absolute atomic E-state index is 13.2. The summed E-state index contributed by atoms with van der Waals surface area (Å²) in [6, 6.07) is 4.18. The zero-order valence-electron chi connectivity index (χ0n) is 11.4. The van der Waals surface area contributed by atoms with Crippen LogP contribution in [0, 0.1) is 11.7 Å². The molecule has 0 heterocycles. The minimum atomic E-state index is -0.428. The van der Waals surface area contributed by atoms with Gasteiger partial charge in [0.15, 0.2) is 0 Å². The molecule has 2 atom stereocenters. The number of carbonyl (C=O) groups is 1. The number of nitrogens with one attached hydrogen (secondary N) is 1. The summed E-state index contributed by atoms with van der Waals surface area (Å²) in [4.78, 5) is 12.2. The molecule has 2 rings (SSSR count). The van der Waals surface area contributed by atoms with Crippen molar-refractivity contribution >= 4 is 5.91 Å². The van der Waals surface area contributed by atoms with Gasteiger partial charge in [-0.1, -0.05) is 19.8 Å². The molecule has 3 nitrogen and oxygen atoms in total. The first-order chi connectivity index (χ1) is 9.10. The first kappa shape index (κ1) is 13.8. The van der Waals surface area contributed by atoms with E-state index in [1.165, 1.54) is 31.7 Å². The summed E-state index contributed by atoms with van der Waals surface area (Å²) in [6.07, 6.45) is 4.33. The van der Waals surface area contributed by atoms with Gasteiger partial charge in [-0.2, -0.15) is 0 Å². The number of hydrogen-bond acceptors (Lipinski definition) is 2. The highest BCUT2D eigenvalue weighted by atomic mass is 19.1. The molecule has 4 heteroatoms. The fourth-order valence-electron chi connectivity index (χ4n) is 2.69. The van der Waals surface area contributed by atoms with E-state index in [2.05, 4.69) is 12.2 Å². The van der Waals surface area contributed by atoms with Gasteiger partial charge in [-0.25, -0.2) is 4.39 Å². The molecule has 0 aromatic heterocycles. The third-order valence-electron chi connectivity index (χ3n) is 3.68. The number of carbonyl (C=O) groups excluding carboxylic acids is 1. The highest BCUT2D eigenvalue weighted by Crippen LogP contribution is 2.25. The Bertz CT molecular complexity index is 461. The van der Waals surface area contributed by atoms with E-state index in [-0.39, 0.29) is 17.5 Å². The second-order valence-corrected chi connectivity index (χ2v) is 5.29. The molecule has 1 aliphatic carbocycles. The van der Waals surface area contributed by atoms with Crippen LogP contribution in [0.2, 0.25) is 0 Å². The van der Waals surface area contributed by atoms with Crippen LogP contribution in [0.1, 0.15) is 43.0 Å². The van der Waals surface area contributed by atoms with Crippen LogP contribution in [0.4, 0.5) is 4.39 Å². The van der Waals surface area contributed by atoms with E-state index in [1.54, 1.807) is 0 Å². The van der Waals surface area contributed by atoms with E-state index in [0.29, 0.717) is 11.7 Å². The molecule has 0 saturated heterocycles.